The molecule has 0 aliphatic heterocycles. The van der Waals surface area contributed by atoms with Gasteiger partial charge in [-0.2, -0.15) is 0 Å². The Morgan fingerprint density at radius 2 is 1.87 bits per heavy atom. The van der Waals surface area contributed by atoms with Crippen molar-refractivity contribution in [2.45, 2.75) is 25.2 Å². The zero-order valence-electron chi connectivity index (χ0n) is 13.5. The highest BCUT2D eigenvalue weighted by atomic mass is 19.1. The number of para-hydroxylation sites is 1. The predicted octanol–water partition coefficient (Wildman–Crippen LogP) is 4.13. The highest BCUT2D eigenvalue weighted by Crippen LogP contribution is 2.30. The Labute approximate surface area is 137 Å². The molecular weight excluding hydrogens is 293 g/mol. The molecule has 0 radical (unpaired) electrons. The summed E-state index contributed by atoms with van der Waals surface area (Å²) in [6.07, 6.45) is 2.78. The molecule has 23 heavy (non-hydrogen) atoms. The van der Waals surface area contributed by atoms with E-state index in [-0.39, 0.29) is 11.7 Å². The number of ether oxygens (including phenoxy) is 2. The molecule has 124 valence electrons. The van der Waals surface area contributed by atoms with Crippen LogP contribution in [0.1, 0.15) is 30.7 Å². The summed E-state index contributed by atoms with van der Waals surface area (Å²) < 4.78 is 24.5. The van der Waals surface area contributed by atoms with Crippen molar-refractivity contribution < 1.29 is 13.9 Å². The molecule has 2 aromatic rings. The number of nitrogens with two attached hydrogens (primary N) is 1. The molecule has 2 rings (SSSR count). The zero-order chi connectivity index (χ0) is 16.5. The van der Waals surface area contributed by atoms with Gasteiger partial charge in [-0.25, -0.2) is 4.39 Å². The molecule has 0 spiro atoms. The van der Waals surface area contributed by atoms with E-state index in [1.165, 1.54) is 12.1 Å². The number of hydrogen-bond donors (Lipinski definition) is 1. The van der Waals surface area contributed by atoms with Gasteiger partial charge in [0.05, 0.1) is 13.7 Å². The third kappa shape index (κ3) is 5.25. The van der Waals surface area contributed by atoms with Crippen molar-refractivity contribution >= 4 is 0 Å². The summed E-state index contributed by atoms with van der Waals surface area (Å²) in [6, 6.07) is 14.4. The first-order valence-electron chi connectivity index (χ1n) is 7.96. The fourth-order valence-corrected chi connectivity index (χ4v) is 2.62. The summed E-state index contributed by atoms with van der Waals surface area (Å²) in [5.74, 6) is 1.42. The molecule has 1 atom stereocenters. The van der Waals surface area contributed by atoms with E-state index in [0.717, 1.165) is 30.6 Å². The van der Waals surface area contributed by atoms with Crippen LogP contribution in [-0.4, -0.2) is 20.3 Å². The van der Waals surface area contributed by atoms with Crippen LogP contribution in [0.3, 0.4) is 0 Å². The van der Waals surface area contributed by atoms with Crippen LogP contribution in [0.4, 0.5) is 4.39 Å². The van der Waals surface area contributed by atoms with Crippen molar-refractivity contribution in [3.05, 3.63) is 59.9 Å². The second kappa shape index (κ2) is 9.16. The van der Waals surface area contributed by atoms with E-state index in [9.17, 15) is 4.39 Å². The predicted molar refractivity (Wildman–Crippen MR) is 90.5 cm³/mol. The second-order valence-corrected chi connectivity index (χ2v) is 5.48. The normalized spacial score (nSPS) is 12.0. The maximum Gasteiger partial charge on any atom is 0.123 e. The second-order valence-electron chi connectivity index (χ2n) is 5.48. The number of benzene rings is 2. The van der Waals surface area contributed by atoms with Gasteiger partial charge >= 0.3 is 0 Å². The topological polar surface area (TPSA) is 44.5 Å². The van der Waals surface area contributed by atoms with Crippen molar-refractivity contribution in [1.82, 2.24) is 0 Å². The van der Waals surface area contributed by atoms with Crippen molar-refractivity contribution in [3.8, 4) is 11.5 Å². The Morgan fingerprint density at radius 3 is 2.57 bits per heavy atom. The van der Waals surface area contributed by atoms with Gasteiger partial charge in [0.2, 0.25) is 0 Å². The van der Waals surface area contributed by atoms with Crippen LogP contribution >= 0.6 is 0 Å². The van der Waals surface area contributed by atoms with E-state index in [1.807, 2.05) is 30.3 Å². The van der Waals surface area contributed by atoms with Crippen LogP contribution in [0.2, 0.25) is 0 Å². The first-order chi connectivity index (χ1) is 11.2. The summed E-state index contributed by atoms with van der Waals surface area (Å²) in [5.41, 5.74) is 6.72. The summed E-state index contributed by atoms with van der Waals surface area (Å²) >= 11 is 0. The Bertz CT molecular complexity index is 589. The van der Waals surface area contributed by atoms with Gasteiger partial charge in [-0.15, -0.1) is 0 Å². The van der Waals surface area contributed by atoms with Crippen molar-refractivity contribution in [2.75, 3.05) is 20.3 Å². The van der Waals surface area contributed by atoms with E-state index in [0.29, 0.717) is 18.9 Å². The van der Waals surface area contributed by atoms with Crippen LogP contribution in [0.5, 0.6) is 11.5 Å². The molecule has 4 heteroatoms. The Hall–Kier alpha value is -2.07. The van der Waals surface area contributed by atoms with Gasteiger partial charge in [-0.1, -0.05) is 18.2 Å². The number of unbranched alkanes of at least 4 members (excludes halogenated alkanes) is 1. The Balaban J connectivity index is 1.82. The van der Waals surface area contributed by atoms with Gasteiger partial charge < -0.3 is 15.2 Å². The lowest BCUT2D eigenvalue weighted by Gasteiger charge is -2.18. The molecule has 0 aliphatic rings. The monoisotopic (exact) mass is 317 g/mol. The molecular formula is C19H24FNO2. The lowest BCUT2D eigenvalue weighted by Crippen LogP contribution is -2.14. The highest BCUT2D eigenvalue weighted by molar-refractivity contribution is 5.37. The first kappa shape index (κ1) is 17.3. The summed E-state index contributed by atoms with van der Waals surface area (Å²) in [5, 5.41) is 0. The number of hydrogen-bond acceptors (Lipinski definition) is 3. The molecule has 2 N–H and O–H groups in total. The van der Waals surface area contributed by atoms with Crippen molar-refractivity contribution in [1.29, 1.82) is 0 Å². The standard InChI is InChI=1S/C19H24FNO2/c1-22-19-11-10-16(20)13-18(19)15(14-21)7-5-6-12-23-17-8-3-2-4-9-17/h2-4,8-11,13,15H,5-7,12,14,21H2,1H3. The Morgan fingerprint density at radius 1 is 1.09 bits per heavy atom. The quantitative estimate of drug-likeness (QED) is 0.707. The van der Waals surface area contributed by atoms with E-state index >= 15 is 0 Å². The minimum absolute atomic E-state index is 0.0948. The fourth-order valence-electron chi connectivity index (χ4n) is 2.62. The van der Waals surface area contributed by atoms with Crippen LogP contribution in [-0.2, 0) is 0 Å². The molecule has 0 saturated heterocycles. The fraction of sp³-hybridized carbons (Fsp3) is 0.368. The molecule has 0 bridgehead atoms. The minimum atomic E-state index is -0.258. The third-order valence-electron chi connectivity index (χ3n) is 3.87. The zero-order valence-corrected chi connectivity index (χ0v) is 13.5. The molecule has 0 fully saturated rings. The lowest BCUT2D eigenvalue weighted by atomic mass is 9.92. The Kier molecular flexibility index (Phi) is 6.88. The van der Waals surface area contributed by atoms with Crippen LogP contribution in [0.25, 0.3) is 0 Å². The maximum atomic E-state index is 13.5. The number of methoxy groups -OCH3 is 1. The average Bonchev–Trinajstić information content (AvgIpc) is 2.59. The molecule has 0 saturated carbocycles. The van der Waals surface area contributed by atoms with Crippen LogP contribution in [0, 0.1) is 5.82 Å². The van der Waals surface area contributed by atoms with Gasteiger partial charge in [-0.05, 0) is 62.1 Å². The summed E-state index contributed by atoms with van der Waals surface area (Å²) in [6.45, 7) is 1.14. The lowest BCUT2D eigenvalue weighted by molar-refractivity contribution is 0.303. The van der Waals surface area contributed by atoms with E-state index in [1.54, 1.807) is 13.2 Å². The summed E-state index contributed by atoms with van der Waals surface area (Å²) in [4.78, 5) is 0. The summed E-state index contributed by atoms with van der Waals surface area (Å²) in [7, 11) is 1.60. The molecule has 2 aromatic carbocycles. The van der Waals surface area contributed by atoms with Crippen molar-refractivity contribution in [2.24, 2.45) is 5.73 Å². The number of rotatable bonds is 9. The van der Waals surface area contributed by atoms with E-state index in [2.05, 4.69) is 0 Å². The van der Waals surface area contributed by atoms with E-state index < -0.39 is 0 Å². The van der Waals surface area contributed by atoms with Gasteiger partial charge in [0.15, 0.2) is 0 Å². The van der Waals surface area contributed by atoms with Crippen LogP contribution < -0.4 is 15.2 Å². The largest absolute Gasteiger partial charge is 0.496 e. The molecule has 0 aromatic heterocycles. The highest BCUT2D eigenvalue weighted by Gasteiger charge is 2.15. The first-order valence-corrected chi connectivity index (χ1v) is 7.96. The van der Waals surface area contributed by atoms with Gasteiger partial charge in [-0.3, -0.25) is 0 Å². The van der Waals surface area contributed by atoms with E-state index in [4.69, 9.17) is 15.2 Å². The van der Waals surface area contributed by atoms with Gasteiger partial charge in [0.25, 0.3) is 0 Å². The van der Waals surface area contributed by atoms with Gasteiger partial charge in [0, 0.05) is 5.56 Å². The van der Waals surface area contributed by atoms with Gasteiger partial charge in [0.1, 0.15) is 17.3 Å². The average molecular weight is 317 g/mol. The molecule has 0 aliphatic carbocycles. The molecule has 3 nitrogen and oxygen atoms in total. The molecule has 0 heterocycles. The third-order valence-corrected chi connectivity index (χ3v) is 3.87. The number of halogens is 1. The maximum absolute atomic E-state index is 13.5. The SMILES string of the molecule is COc1ccc(F)cc1C(CN)CCCCOc1ccccc1. The molecule has 1 unspecified atom stereocenters. The molecule has 0 amide bonds. The minimum Gasteiger partial charge on any atom is -0.496 e. The van der Waals surface area contributed by atoms with Crippen molar-refractivity contribution in [3.63, 3.8) is 0 Å². The smallest absolute Gasteiger partial charge is 0.123 e. The van der Waals surface area contributed by atoms with Crippen LogP contribution in [0.15, 0.2) is 48.5 Å².